The zero-order chi connectivity index (χ0) is 18.5. The Morgan fingerprint density at radius 1 is 1.08 bits per heavy atom. The molecule has 0 aliphatic heterocycles. The predicted molar refractivity (Wildman–Crippen MR) is 104 cm³/mol. The molecule has 5 heteroatoms. The summed E-state index contributed by atoms with van der Waals surface area (Å²) in [6.45, 7) is 2.48. The molecule has 1 aromatic carbocycles. The van der Waals surface area contributed by atoms with Crippen molar-refractivity contribution in [2.24, 2.45) is 0 Å². The van der Waals surface area contributed by atoms with Gasteiger partial charge in [0.25, 0.3) is 0 Å². The second kappa shape index (κ2) is 13.1. The number of hydrogen-bond acceptors (Lipinski definition) is 5. The van der Waals surface area contributed by atoms with Gasteiger partial charge in [-0.2, -0.15) is 0 Å². The summed E-state index contributed by atoms with van der Waals surface area (Å²) in [6.07, 6.45) is 8.56. The molecule has 2 rings (SSSR count). The fourth-order valence-corrected chi connectivity index (χ4v) is 3.30. The highest BCUT2D eigenvalue weighted by Crippen LogP contribution is 2.19. The Bertz CT molecular complexity index is 475. The predicted octanol–water partition coefficient (Wildman–Crippen LogP) is 3.29. The van der Waals surface area contributed by atoms with Crippen molar-refractivity contribution in [3.63, 3.8) is 0 Å². The van der Waals surface area contributed by atoms with Gasteiger partial charge in [0.15, 0.2) is 0 Å². The molecule has 1 aliphatic rings. The van der Waals surface area contributed by atoms with Gasteiger partial charge in [-0.3, -0.25) is 0 Å². The lowest BCUT2D eigenvalue weighted by Gasteiger charge is -2.23. The highest BCUT2D eigenvalue weighted by molar-refractivity contribution is 5.32. The van der Waals surface area contributed by atoms with E-state index in [2.05, 4.69) is 5.32 Å². The molecule has 5 nitrogen and oxygen atoms in total. The molecule has 1 fully saturated rings. The van der Waals surface area contributed by atoms with Crippen molar-refractivity contribution >= 4 is 0 Å². The number of aliphatic hydroxyl groups is 1. The molecule has 148 valence electrons. The van der Waals surface area contributed by atoms with Gasteiger partial charge in [0.05, 0.1) is 19.8 Å². The summed E-state index contributed by atoms with van der Waals surface area (Å²) in [4.78, 5) is 0. The number of methoxy groups -OCH3 is 1. The van der Waals surface area contributed by atoms with Crippen LogP contribution in [0.25, 0.3) is 0 Å². The van der Waals surface area contributed by atoms with Crippen LogP contribution in [0.1, 0.15) is 50.5 Å². The zero-order valence-corrected chi connectivity index (χ0v) is 16.1. The number of ether oxygens (including phenoxy) is 3. The van der Waals surface area contributed by atoms with Gasteiger partial charge in [0.2, 0.25) is 0 Å². The SMILES string of the molecule is COCCOCc1ccccc1OCC(O)CNC1CCCCCCC1. The lowest BCUT2D eigenvalue weighted by Crippen LogP contribution is -2.38. The molecule has 1 aliphatic carbocycles. The molecule has 0 bridgehead atoms. The molecule has 0 aromatic heterocycles. The average Bonchev–Trinajstić information content (AvgIpc) is 2.63. The molecule has 0 heterocycles. The normalized spacial score (nSPS) is 17.5. The van der Waals surface area contributed by atoms with Crippen molar-refractivity contribution in [3.8, 4) is 5.75 Å². The minimum atomic E-state index is -0.511. The summed E-state index contributed by atoms with van der Waals surface area (Å²) >= 11 is 0. The molecule has 26 heavy (non-hydrogen) atoms. The quantitative estimate of drug-likeness (QED) is 0.589. The Kier molecular flexibility index (Phi) is 10.7. The van der Waals surface area contributed by atoms with Crippen molar-refractivity contribution < 1.29 is 19.3 Å². The fourth-order valence-electron chi connectivity index (χ4n) is 3.30. The van der Waals surface area contributed by atoms with Crippen LogP contribution in [0, 0.1) is 0 Å². The zero-order valence-electron chi connectivity index (χ0n) is 16.1. The monoisotopic (exact) mass is 365 g/mol. The number of nitrogens with one attached hydrogen (secondary N) is 1. The van der Waals surface area contributed by atoms with Gasteiger partial charge in [-0.05, 0) is 18.9 Å². The van der Waals surface area contributed by atoms with Crippen LogP contribution in [0.15, 0.2) is 24.3 Å². The topological polar surface area (TPSA) is 60.0 Å². The maximum atomic E-state index is 10.3. The highest BCUT2D eigenvalue weighted by Gasteiger charge is 2.14. The summed E-state index contributed by atoms with van der Waals surface area (Å²) in [5, 5.41) is 13.8. The minimum absolute atomic E-state index is 0.287. The van der Waals surface area contributed by atoms with E-state index in [0.29, 0.717) is 32.4 Å². The van der Waals surface area contributed by atoms with Crippen LogP contribution in [-0.2, 0) is 16.1 Å². The third-order valence-electron chi connectivity index (χ3n) is 4.84. The van der Waals surface area contributed by atoms with Crippen LogP contribution in [0.5, 0.6) is 5.75 Å². The summed E-state index contributed by atoms with van der Waals surface area (Å²) in [5.41, 5.74) is 0.990. The second-order valence-corrected chi connectivity index (χ2v) is 7.07. The highest BCUT2D eigenvalue weighted by atomic mass is 16.5. The largest absolute Gasteiger partial charge is 0.490 e. The summed E-state index contributed by atoms with van der Waals surface area (Å²) in [6, 6.07) is 8.35. The van der Waals surface area contributed by atoms with Crippen molar-refractivity contribution in [1.29, 1.82) is 0 Å². The molecule has 1 saturated carbocycles. The third kappa shape index (κ3) is 8.49. The van der Waals surface area contributed by atoms with Gasteiger partial charge in [0, 0.05) is 25.3 Å². The van der Waals surface area contributed by atoms with E-state index in [1.807, 2.05) is 24.3 Å². The van der Waals surface area contributed by atoms with E-state index in [0.717, 1.165) is 11.3 Å². The smallest absolute Gasteiger partial charge is 0.124 e. The number of benzene rings is 1. The lowest BCUT2D eigenvalue weighted by atomic mass is 9.96. The maximum absolute atomic E-state index is 10.3. The van der Waals surface area contributed by atoms with Crippen molar-refractivity contribution in [1.82, 2.24) is 5.32 Å². The van der Waals surface area contributed by atoms with Crippen LogP contribution in [0.2, 0.25) is 0 Å². The summed E-state index contributed by atoms with van der Waals surface area (Å²) in [7, 11) is 1.66. The molecule has 1 unspecified atom stereocenters. The van der Waals surface area contributed by atoms with Crippen LogP contribution < -0.4 is 10.1 Å². The molecule has 1 atom stereocenters. The van der Waals surface area contributed by atoms with Crippen molar-refractivity contribution in [2.45, 2.75) is 63.7 Å². The number of para-hydroxylation sites is 1. The standard InChI is InChI=1S/C21H35NO4/c1-24-13-14-25-16-18-9-7-8-12-21(18)26-17-20(23)15-22-19-10-5-3-2-4-6-11-19/h7-9,12,19-20,22-23H,2-6,10-11,13-17H2,1H3. The van der Waals surface area contributed by atoms with E-state index in [1.165, 1.54) is 44.9 Å². The number of rotatable bonds is 11. The Balaban J connectivity index is 1.70. The van der Waals surface area contributed by atoms with Gasteiger partial charge >= 0.3 is 0 Å². The van der Waals surface area contributed by atoms with E-state index >= 15 is 0 Å². The second-order valence-electron chi connectivity index (χ2n) is 7.07. The molecule has 1 aromatic rings. The first kappa shape index (κ1) is 21.2. The van der Waals surface area contributed by atoms with Gasteiger partial charge in [-0.1, -0.05) is 50.3 Å². The van der Waals surface area contributed by atoms with E-state index < -0.39 is 6.10 Å². The van der Waals surface area contributed by atoms with Crippen molar-refractivity contribution in [2.75, 3.05) is 33.5 Å². The van der Waals surface area contributed by atoms with Crippen LogP contribution in [0.4, 0.5) is 0 Å². The van der Waals surface area contributed by atoms with Crippen molar-refractivity contribution in [3.05, 3.63) is 29.8 Å². The van der Waals surface area contributed by atoms with Gasteiger partial charge in [0.1, 0.15) is 18.5 Å². The Morgan fingerprint density at radius 3 is 2.58 bits per heavy atom. The molecule has 0 saturated heterocycles. The van der Waals surface area contributed by atoms with Crippen LogP contribution >= 0.6 is 0 Å². The maximum Gasteiger partial charge on any atom is 0.124 e. The number of hydrogen-bond donors (Lipinski definition) is 2. The Hall–Kier alpha value is -1.14. The fraction of sp³-hybridized carbons (Fsp3) is 0.714. The Morgan fingerprint density at radius 2 is 1.81 bits per heavy atom. The third-order valence-corrected chi connectivity index (χ3v) is 4.84. The molecule has 2 N–H and O–H groups in total. The lowest BCUT2D eigenvalue weighted by molar-refractivity contribution is 0.0589. The number of aliphatic hydroxyl groups excluding tert-OH is 1. The molecular formula is C21H35NO4. The summed E-state index contributed by atoms with van der Waals surface area (Å²) in [5.74, 6) is 0.773. The first-order valence-electron chi connectivity index (χ1n) is 9.98. The average molecular weight is 366 g/mol. The molecule has 0 radical (unpaired) electrons. The molecule has 0 amide bonds. The van der Waals surface area contributed by atoms with Crippen LogP contribution in [-0.4, -0.2) is 50.7 Å². The van der Waals surface area contributed by atoms with E-state index in [-0.39, 0.29) is 6.61 Å². The first-order valence-corrected chi connectivity index (χ1v) is 9.98. The van der Waals surface area contributed by atoms with E-state index in [9.17, 15) is 5.11 Å². The molecular weight excluding hydrogens is 330 g/mol. The van der Waals surface area contributed by atoms with E-state index in [1.54, 1.807) is 7.11 Å². The first-order chi connectivity index (χ1) is 12.8. The van der Waals surface area contributed by atoms with Gasteiger partial charge < -0.3 is 24.6 Å². The van der Waals surface area contributed by atoms with Gasteiger partial charge in [-0.15, -0.1) is 0 Å². The van der Waals surface area contributed by atoms with Crippen LogP contribution in [0.3, 0.4) is 0 Å². The minimum Gasteiger partial charge on any atom is -0.490 e. The van der Waals surface area contributed by atoms with Gasteiger partial charge in [-0.25, -0.2) is 0 Å². The van der Waals surface area contributed by atoms with E-state index in [4.69, 9.17) is 14.2 Å². The Labute approximate surface area is 158 Å². The summed E-state index contributed by atoms with van der Waals surface area (Å²) < 4.78 is 16.4. The molecule has 0 spiro atoms.